The Bertz CT molecular complexity index is 481. The van der Waals surface area contributed by atoms with E-state index >= 15 is 0 Å². The molecule has 0 spiro atoms. The van der Waals surface area contributed by atoms with Crippen molar-refractivity contribution in [3.63, 3.8) is 0 Å². The van der Waals surface area contributed by atoms with E-state index in [9.17, 15) is 14.7 Å². The molecule has 1 aromatic heterocycles. The monoisotopic (exact) mass is 229 g/mol. The number of hydrogen-bond donors (Lipinski definition) is 3. The van der Waals surface area contributed by atoms with Gasteiger partial charge in [0.15, 0.2) is 0 Å². The highest BCUT2D eigenvalue weighted by Crippen LogP contribution is 2.26. The summed E-state index contributed by atoms with van der Waals surface area (Å²) in [5, 5.41) is 18.3. The highest BCUT2D eigenvalue weighted by Gasteiger charge is 2.34. The van der Waals surface area contributed by atoms with Crippen LogP contribution in [-0.4, -0.2) is 43.6 Å². The molecule has 1 aromatic rings. The van der Waals surface area contributed by atoms with Gasteiger partial charge in [0.2, 0.25) is 0 Å². The van der Waals surface area contributed by atoms with Crippen LogP contribution in [0.3, 0.4) is 0 Å². The van der Waals surface area contributed by atoms with Gasteiger partial charge in [-0.15, -0.1) is 0 Å². The maximum atomic E-state index is 11.4. The zero-order chi connectivity index (χ0) is 11.7. The van der Waals surface area contributed by atoms with Crippen molar-refractivity contribution in [2.24, 2.45) is 0 Å². The molecule has 16 heavy (non-hydrogen) atoms. The summed E-state index contributed by atoms with van der Waals surface area (Å²) in [5.74, 6) is 0. The van der Waals surface area contributed by atoms with Crippen molar-refractivity contribution in [2.75, 3.05) is 6.61 Å². The number of aliphatic hydroxyl groups excluding tert-OH is 2. The predicted molar refractivity (Wildman–Crippen MR) is 50.7 cm³/mol. The van der Waals surface area contributed by atoms with Gasteiger partial charge in [-0.05, 0) is 0 Å². The third-order valence-corrected chi connectivity index (χ3v) is 2.44. The summed E-state index contributed by atoms with van der Waals surface area (Å²) in [4.78, 5) is 27.5. The van der Waals surface area contributed by atoms with E-state index in [0.29, 0.717) is 0 Å². The van der Waals surface area contributed by atoms with Crippen molar-refractivity contribution < 1.29 is 14.9 Å². The van der Waals surface area contributed by atoms with Gasteiger partial charge in [-0.3, -0.25) is 9.55 Å². The normalized spacial score (nSPS) is 29.5. The van der Waals surface area contributed by atoms with Crippen LogP contribution in [0.15, 0.2) is 15.9 Å². The van der Waals surface area contributed by atoms with Gasteiger partial charge in [0.1, 0.15) is 18.7 Å². The van der Waals surface area contributed by atoms with Crippen LogP contribution in [0.1, 0.15) is 12.6 Å². The third kappa shape index (κ3) is 1.90. The minimum Gasteiger partial charge on any atom is -0.394 e. The summed E-state index contributed by atoms with van der Waals surface area (Å²) in [7, 11) is 0. The van der Waals surface area contributed by atoms with Crippen molar-refractivity contribution in [3.8, 4) is 0 Å². The molecular weight excluding hydrogens is 218 g/mol. The fourth-order valence-electron chi connectivity index (χ4n) is 1.61. The molecule has 1 aliphatic rings. The first-order valence-electron chi connectivity index (χ1n) is 4.73. The lowest BCUT2D eigenvalue weighted by Gasteiger charge is -2.13. The lowest BCUT2D eigenvalue weighted by Crippen LogP contribution is -2.33. The van der Waals surface area contributed by atoms with Gasteiger partial charge in [0.25, 0.3) is 0 Å². The molecule has 0 bridgehead atoms. The molecule has 0 saturated carbocycles. The second-order valence-electron chi connectivity index (χ2n) is 3.50. The molecule has 1 saturated heterocycles. The highest BCUT2D eigenvalue weighted by molar-refractivity contribution is 4.82. The molecule has 8 nitrogen and oxygen atoms in total. The largest absolute Gasteiger partial charge is 0.394 e. The molecule has 88 valence electrons. The molecule has 2 rings (SSSR count). The summed E-state index contributed by atoms with van der Waals surface area (Å²) in [6.45, 7) is -0.330. The van der Waals surface area contributed by atoms with E-state index in [2.05, 4.69) is 4.98 Å². The maximum absolute atomic E-state index is 11.4. The van der Waals surface area contributed by atoms with Crippen LogP contribution in [0.4, 0.5) is 0 Å². The molecule has 0 radical (unpaired) electrons. The summed E-state index contributed by atoms with van der Waals surface area (Å²) in [6, 6.07) is 0. The number of H-pyrrole nitrogens is 1. The van der Waals surface area contributed by atoms with E-state index in [1.165, 1.54) is 0 Å². The van der Waals surface area contributed by atoms with Gasteiger partial charge in [-0.2, -0.15) is 4.98 Å². The molecule has 3 N–H and O–H groups in total. The van der Waals surface area contributed by atoms with E-state index in [4.69, 9.17) is 9.84 Å². The van der Waals surface area contributed by atoms with Gasteiger partial charge in [-0.25, -0.2) is 9.59 Å². The Balaban J connectivity index is 2.27. The standard InChI is InChI=1S/C8H11N3O5/c12-2-5-4(13)1-6(16-5)11-3-9-7(14)10-8(11)15/h3-6,12-13H,1-2H2,(H,10,14,15)/t4-,5-,6-/m1/s1. The average Bonchev–Trinajstić information content (AvgIpc) is 2.59. The van der Waals surface area contributed by atoms with Crippen molar-refractivity contribution in [1.29, 1.82) is 0 Å². The first-order chi connectivity index (χ1) is 7.61. The molecule has 1 fully saturated rings. The molecule has 3 atom stereocenters. The van der Waals surface area contributed by atoms with Crippen LogP contribution in [-0.2, 0) is 4.74 Å². The van der Waals surface area contributed by atoms with Crippen LogP contribution in [0, 0.1) is 0 Å². The minimum atomic E-state index is -0.839. The first-order valence-corrected chi connectivity index (χ1v) is 4.73. The number of aromatic amines is 1. The van der Waals surface area contributed by atoms with Gasteiger partial charge >= 0.3 is 11.4 Å². The summed E-state index contributed by atoms with van der Waals surface area (Å²) >= 11 is 0. The maximum Gasteiger partial charge on any atom is 0.350 e. The van der Waals surface area contributed by atoms with Crippen LogP contribution < -0.4 is 11.4 Å². The van der Waals surface area contributed by atoms with Crippen LogP contribution >= 0.6 is 0 Å². The highest BCUT2D eigenvalue weighted by atomic mass is 16.5. The molecular formula is C8H11N3O5. The molecule has 2 heterocycles. The fraction of sp³-hybridized carbons (Fsp3) is 0.625. The average molecular weight is 229 g/mol. The van der Waals surface area contributed by atoms with Crippen LogP contribution in [0.5, 0.6) is 0 Å². The Labute approximate surface area is 89.1 Å². The fourth-order valence-corrected chi connectivity index (χ4v) is 1.61. The third-order valence-electron chi connectivity index (χ3n) is 2.44. The van der Waals surface area contributed by atoms with Gasteiger partial charge < -0.3 is 14.9 Å². The second kappa shape index (κ2) is 4.16. The Morgan fingerprint density at radius 3 is 2.94 bits per heavy atom. The Morgan fingerprint density at radius 2 is 2.38 bits per heavy atom. The molecule has 0 amide bonds. The second-order valence-corrected chi connectivity index (χ2v) is 3.50. The van der Waals surface area contributed by atoms with Crippen LogP contribution in [0.2, 0.25) is 0 Å². The number of hydrogen-bond acceptors (Lipinski definition) is 6. The number of aromatic nitrogens is 3. The number of nitrogens with one attached hydrogen (secondary N) is 1. The zero-order valence-corrected chi connectivity index (χ0v) is 8.24. The van der Waals surface area contributed by atoms with E-state index in [-0.39, 0.29) is 13.0 Å². The van der Waals surface area contributed by atoms with E-state index < -0.39 is 29.8 Å². The minimum absolute atomic E-state index is 0.166. The first kappa shape index (κ1) is 11.0. The van der Waals surface area contributed by atoms with Crippen molar-refractivity contribution in [3.05, 3.63) is 27.3 Å². The Morgan fingerprint density at radius 1 is 1.62 bits per heavy atom. The molecule has 0 aliphatic carbocycles. The predicted octanol–water partition coefficient (Wildman–Crippen LogP) is -2.43. The van der Waals surface area contributed by atoms with Gasteiger partial charge in [-0.1, -0.05) is 0 Å². The quantitative estimate of drug-likeness (QED) is 0.519. The summed E-state index contributed by atoms with van der Waals surface area (Å²) < 4.78 is 6.30. The smallest absolute Gasteiger partial charge is 0.350 e. The number of nitrogens with zero attached hydrogens (tertiary/aromatic N) is 2. The van der Waals surface area contributed by atoms with E-state index in [1.54, 1.807) is 0 Å². The van der Waals surface area contributed by atoms with Crippen molar-refractivity contribution in [1.82, 2.24) is 14.5 Å². The zero-order valence-electron chi connectivity index (χ0n) is 8.24. The SMILES string of the molecule is O=c1ncn([C@H]2C[C@@H](O)[C@@H](CO)O2)c(=O)[nH]1. The molecule has 0 unspecified atom stereocenters. The van der Waals surface area contributed by atoms with Crippen molar-refractivity contribution >= 4 is 0 Å². The van der Waals surface area contributed by atoms with E-state index in [0.717, 1.165) is 10.9 Å². The number of rotatable bonds is 2. The molecule has 1 aliphatic heterocycles. The Hall–Kier alpha value is -1.51. The topological polar surface area (TPSA) is 117 Å². The van der Waals surface area contributed by atoms with Crippen LogP contribution in [0.25, 0.3) is 0 Å². The number of aliphatic hydroxyl groups is 2. The lowest BCUT2D eigenvalue weighted by molar-refractivity contribution is -0.0463. The molecule has 8 heteroatoms. The molecule has 0 aromatic carbocycles. The summed E-state index contributed by atoms with van der Waals surface area (Å²) in [6.07, 6.45) is -1.06. The van der Waals surface area contributed by atoms with E-state index in [1.807, 2.05) is 4.98 Å². The van der Waals surface area contributed by atoms with Crippen molar-refractivity contribution in [2.45, 2.75) is 24.9 Å². The van der Waals surface area contributed by atoms with Gasteiger partial charge in [0.05, 0.1) is 12.7 Å². The lowest BCUT2D eigenvalue weighted by atomic mass is 10.2. The number of ether oxygens (including phenoxy) is 1. The Kier molecular flexibility index (Phi) is 2.86. The summed E-state index contributed by atoms with van der Waals surface area (Å²) in [5.41, 5.74) is -1.39. The van der Waals surface area contributed by atoms with Gasteiger partial charge in [0, 0.05) is 6.42 Å².